The summed E-state index contributed by atoms with van der Waals surface area (Å²) < 4.78 is 6.36. The van der Waals surface area contributed by atoms with Crippen LogP contribution in [0.2, 0.25) is 0 Å². The van der Waals surface area contributed by atoms with Crippen LogP contribution in [-0.2, 0) is 9.53 Å². The molecule has 2 aromatic carbocycles. The van der Waals surface area contributed by atoms with Gasteiger partial charge in [0.2, 0.25) is 5.91 Å². The molecule has 0 aliphatic carbocycles. The van der Waals surface area contributed by atoms with Gasteiger partial charge in [-0.2, -0.15) is 0 Å². The zero-order chi connectivity index (χ0) is 23.0. The number of likely N-dealkylation sites (tertiary alicyclic amines) is 1. The molecule has 9 heteroatoms. The Bertz CT molecular complexity index is 1160. The second-order valence-corrected chi connectivity index (χ2v) is 9.60. The summed E-state index contributed by atoms with van der Waals surface area (Å²) in [6.07, 6.45) is -0.511. The molecule has 0 bridgehead atoms. The van der Waals surface area contributed by atoms with Crippen LogP contribution in [0.1, 0.15) is 32.1 Å². The molecule has 3 aromatic rings. The number of carbonyl (C=O) groups excluding carboxylic acids is 1. The van der Waals surface area contributed by atoms with Crippen molar-refractivity contribution in [2.24, 2.45) is 11.8 Å². The highest BCUT2D eigenvalue weighted by Gasteiger charge is 2.41. The predicted octanol–water partition coefficient (Wildman–Crippen LogP) is 4.31. The van der Waals surface area contributed by atoms with Crippen molar-refractivity contribution in [1.82, 2.24) is 20.2 Å². The third kappa shape index (κ3) is 4.31. The first-order valence-electron chi connectivity index (χ1n) is 10.6. The van der Waals surface area contributed by atoms with E-state index in [1.165, 1.54) is 0 Å². The first-order valence-corrected chi connectivity index (χ1v) is 11.4. The maximum Gasteiger partial charge on any atom is 0.405 e. The average Bonchev–Trinajstić information content (AvgIpc) is 3.35. The monoisotopic (exact) mass is 502 g/mol. The maximum atomic E-state index is 13.4. The highest BCUT2D eigenvalue weighted by Crippen LogP contribution is 2.37. The summed E-state index contributed by atoms with van der Waals surface area (Å²) in [4.78, 5) is 34.8. The van der Waals surface area contributed by atoms with Gasteiger partial charge in [0.1, 0.15) is 11.9 Å². The molecule has 1 aliphatic rings. The van der Waals surface area contributed by atoms with Gasteiger partial charge in [-0.3, -0.25) is 4.79 Å². The summed E-state index contributed by atoms with van der Waals surface area (Å²) in [6.45, 7) is 4.69. The summed E-state index contributed by atoms with van der Waals surface area (Å²) >= 11 is 3.51. The summed E-state index contributed by atoms with van der Waals surface area (Å²) in [5.41, 5.74) is 1.76. The number of imidazole rings is 1. The highest BCUT2D eigenvalue weighted by molar-refractivity contribution is 9.10. The van der Waals surface area contributed by atoms with E-state index < -0.39 is 12.1 Å². The molecular formula is C23H27BrN4O4. The van der Waals surface area contributed by atoms with Gasteiger partial charge in [0, 0.05) is 29.4 Å². The van der Waals surface area contributed by atoms with Gasteiger partial charge in [0.15, 0.2) is 0 Å². The normalized spacial score (nSPS) is 19.7. The lowest BCUT2D eigenvalue weighted by molar-refractivity contribution is -0.135. The van der Waals surface area contributed by atoms with Crippen molar-refractivity contribution < 1.29 is 19.4 Å². The molecule has 0 spiro atoms. The smallest absolute Gasteiger partial charge is 0.405 e. The molecule has 3 atom stereocenters. The SMILES string of the molecule is COC[C@H]1C[C@@H](c2nc3ccc4cc(Br)ccc4c3[nH]2)N(C(=O)[C@@H](NC(=O)O)C(C)C)C1. The Morgan fingerprint density at radius 3 is 2.81 bits per heavy atom. The molecule has 3 N–H and O–H groups in total. The van der Waals surface area contributed by atoms with Crippen molar-refractivity contribution in [2.45, 2.75) is 32.4 Å². The number of nitrogens with one attached hydrogen (secondary N) is 2. The molecular weight excluding hydrogens is 476 g/mol. The fraction of sp³-hybridized carbons (Fsp3) is 0.435. The molecule has 1 fully saturated rings. The van der Waals surface area contributed by atoms with Gasteiger partial charge >= 0.3 is 6.09 Å². The Labute approximate surface area is 194 Å². The zero-order valence-corrected chi connectivity index (χ0v) is 19.8. The van der Waals surface area contributed by atoms with Crippen molar-refractivity contribution in [3.8, 4) is 0 Å². The molecule has 0 radical (unpaired) electrons. The molecule has 2 heterocycles. The van der Waals surface area contributed by atoms with Crippen LogP contribution in [0, 0.1) is 11.8 Å². The Kier molecular flexibility index (Phi) is 6.39. The van der Waals surface area contributed by atoms with Crippen LogP contribution < -0.4 is 5.32 Å². The highest BCUT2D eigenvalue weighted by atomic mass is 79.9. The quantitative estimate of drug-likeness (QED) is 0.465. The Hall–Kier alpha value is -2.65. The fourth-order valence-electron chi connectivity index (χ4n) is 4.56. The number of H-pyrrole nitrogens is 1. The Morgan fingerprint density at radius 1 is 1.34 bits per heavy atom. The Morgan fingerprint density at radius 2 is 2.12 bits per heavy atom. The third-order valence-electron chi connectivity index (χ3n) is 6.05. The van der Waals surface area contributed by atoms with Crippen molar-refractivity contribution >= 4 is 49.7 Å². The molecule has 0 saturated carbocycles. The number of aromatic amines is 1. The summed E-state index contributed by atoms with van der Waals surface area (Å²) in [6, 6.07) is 9.00. The number of ether oxygens (including phenoxy) is 1. The number of fused-ring (bicyclic) bond motifs is 3. The average molecular weight is 503 g/mol. The number of amides is 2. The molecule has 4 rings (SSSR count). The maximum absolute atomic E-state index is 13.4. The van der Waals surface area contributed by atoms with Crippen LogP contribution in [0.25, 0.3) is 21.8 Å². The first kappa shape index (κ1) is 22.5. The topological polar surface area (TPSA) is 108 Å². The van der Waals surface area contributed by atoms with E-state index in [4.69, 9.17) is 9.72 Å². The van der Waals surface area contributed by atoms with Crippen LogP contribution in [-0.4, -0.2) is 58.3 Å². The number of halogens is 1. The van der Waals surface area contributed by atoms with Gasteiger partial charge in [-0.25, -0.2) is 9.78 Å². The predicted molar refractivity (Wildman–Crippen MR) is 126 cm³/mol. The molecule has 1 aliphatic heterocycles. The van der Waals surface area contributed by atoms with E-state index >= 15 is 0 Å². The number of hydrogen-bond acceptors (Lipinski definition) is 4. The van der Waals surface area contributed by atoms with Crippen LogP contribution >= 0.6 is 15.9 Å². The first-order chi connectivity index (χ1) is 15.3. The van der Waals surface area contributed by atoms with E-state index in [1.807, 2.05) is 38.1 Å². The minimum Gasteiger partial charge on any atom is -0.465 e. The fourth-order valence-corrected chi connectivity index (χ4v) is 4.94. The van der Waals surface area contributed by atoms with E-state index in [-0.39, 0.29) is 23.8 Å². The molecule has 8 nitrogen and oxygen atoms in total. The van der Waals surface area contributed by atoms with Crippen LogP contribution in [0.15, 0.2) is 34.8 Å². The van der Waals surface area contributed by atoms with E-state index in [1.54, 1.807) is 12.0 Å². The van der Waals surface area contributed by atoms with E-state index in [0.29, 0.717) is 25.4 Å². The van der Waals surface area contributed by atoms with Gasteiger partial charge in [-0.1, -0.05) is 41.9 Å². The third-order valence-corrected chi connectivity index (χ3v) is 6.55. The molecule has 1 aromatic heterocycles. The molecule has 170 valence electrons. The van der Waals surface area contributed by atoms with Gasteiger partial charge < -0.3 is 25.0 Å². The lowest BCUT2D eigenvalue weighted by Gasteiger charge is -2.29. The number of aromatic nitrogens is 2. The minimum atomic E-state index is -1.21. The largest absolute Gasteiger partial charge is 0.465 e. The van der Waals surface area contributed by atoms with Crippen molar-refractivity contribution in [1.29, 1.82) is 0 Å². The minimum absolute atomic E-state index is 0.146. The van der Waals surface area contributed by atoms with E-state index in [9.17, 15) is 14.7 Å². The van der Waals surface area contributed by atoms with Gasteiger partial charge in [-0.05, 0) is 35.9 Å². The molecule has 1 saturated heterocycles. The second-order valence-electron chi connectivity index (χ2n) is 8.68. The zero-order valence-electron chi connectivity index (χ0n) is 18.3. The number of hydrogen-bond donors (Lipinski definition) is 3. The number of rotatable bonds is 6. The number of nitrogens with zero attached hydrogens (tertiary/aromatic N) is 2. The van der Waals surface area contributed by atoms with Crippen LogP contribution in [0.5, 0.6) is 0 Å². The number of methoxy groups -OCH3 is 1. The Balaban J connectivity index is 1.73. The summed E-state index contributed by atoms with van der Waals surface area (Å²) in [7, 11) is 1.65. The molecule has 0 unspecified atom stereocenters. The number of benzene rings is 2. The lowest BCUT2D eigenvalue weighted by atomic mass is 10.0. The van der Waals surface area contributed by atoms with Crippen molar-refractivity contribution in [3.05, 3.63) is 40.6 Å². The van der Waals surface area contributed by atoms with Crippen molar-refractivity contribution in [2.75, 3.05) is 20.3 Å². The standard InChI is InChI=1S/C23H27BrN4O4/c1-12(2)19(27-23(30)31)22(29)28-10-13(11-32-3)8-18(28)21-25-17-7-4-14-9-15(24)5-6-16(14)20(17)26-21/h4-7,9,12-13,18-19,27H,8,10-11H2,1-3H3,(H,25,26)(H,30,31)/t13-,18-,19-/m0/s1. The summed E-state index contributed by atoms with van der Waals surface area (Å²) in [5.74, 6) is 0.437. The number of carboxylic acid groups (broad SMARTS) is 1. The van der Waals surface area contributed by atoms with Gasteiger partial charge in [-0.15, -0.1) is 0 Å². The van der Waals surface area contributed by atoms with Gasteiger partial charge in [0.05, 0.1) is 23.7 Å². The van der Waals surface area contributed by atoms with E-state index in [2.05, 4.69) is 32.3 Å². The molecule has 2 amide bonds. The molecule has 32 heavy (non-hydrogen) atoms. The van der Waals surface area contributed by atoms with Crippen molar-refractivity contribution in [3.63, 3.8) is 0 Å². The number of carbonyl (C=O) groups is 2. The van der Waals surface area contributed by atoms with Crippen LogP contribution in [0.4, 0.5) is 4.79 Å². The lowest BCUT2D eigenvalue weighted by Crippen LogP contribution is -2.51. The van der Waals surface area contributed by atoms with Gasteiger partial charge in [0.25, 0.3) is 0 Å². The second kappa shape index (κ2) is 9.07. The summed E-state index contributed by atoms with van der Waals surface area (Å²) in [5, 5.41) is 13.8. The van der Waals surface area contributed by atoms with E-state index in [0.717, 1.165) is 26.3 Å². The van der Waals surface area contributed by atoms with Crippen LogP contribution in [0.3, 0.4) is 0 Å².